The van der Waals surface area contributed by atoms with Crippen LogP contribution in [0.1, 0.15) is 25.7 Å². The summed E-state index contributed by atoms with van der Waals surface area (Å²) in [5.74, 6) is 0.948. The Bertz CT molecular complexity index is 126. The highest BCUT2D eigenvalue weighted by atomic mass is 16.5. The van der Waals surface area contributed by atoms with Gasteiger partial charge in [-0.2, -0.15) is 0 Å². The van der Waals surface area contributed by atoms with E-state index in [0.29, 0.717) is 0 Å². The smallest absolute Gasteiger partial charge is 0.0590 e. The van der Waals surface area contributed by atoms with Crippen LogP contribution in [0.4, 0.5) is 0 Å². The van der Waals surface area contributed by atoms with Gasteiger partial charge in [0.25, 0.3) is 0 Å². The van der Waals surface area contributed by atoms with Crippen molar-refractivity contribution in [3.05, 3.63) is 0 Å². The molecule has 1 saturated carbocycles. The lowest BCUT2D eigenvalue weighted by atomic mass is 9.85. The first-order valence-corrected chi connectivity index (χ1v) is 5.71. The lowest BCUT2D eigenvalue weighted by molar-refractivity contribution is 0.103. The van der Waals surface area contributed by atoms with Crippen molar-refractivity contribution in [2.24, 2.45) is 5.92 Å². The van der Waals surface area contributed by atoms with E-state index in [1.165, 1.54) is 25.8 Å². The highest BCUT2D eigenvalue weighted by Crippen LogP contribution is 2.24. The second kappa shape index (κ2) is 8.21. The van der Waals surface area contributed by atoms with Crippen LogP contribution in [-0.4, -0.2) is 40.0 Å². The van der Waals surface area contributed by atoms with E-state index in [1.807, 2.05) is 0 Å². The molecule has 0 atom stereocenters. The Morgan fingerprint density at radius 2 is 2.07 bits per heavy atom. The van der Waals surface area contributed by atoms with Crippen LogP contribution >= 0.6 is 0 Å². The number of methoxy groups -OCH3 is 1. The van der Waals surface area contributed by atoms with E-state index in [-0.39, 0.29) is 0 Å². The van der Waals surface area contributed by atoms with Crippen LogP contribution in [0.5, 0.6) is 0 Å². The van der Waals surface area contributed by atoms with Crippen LogP contribution < -0.4 is 5.32 Å². The maximum atomic E-state index is 5.43. The zero-order valence-corrected chi connectivity index (χ0v) is 9.26. The highest BCUT2D eigenvalue weighted by molar-refractivity contribution is 4.71. The van der Waals surface area contributed by atoms with Gasteiger partial charge in [-0.15, -0.1) is 0 Å². The quantitative estimate of drug-likeness (QED) is 0.572. The molecule has 0 aromatic carbocycles. The van der Waals surface area contributed by atoms with Gasteiger partial charge in [0, 0.05) is 26.9 Å². The van der Waals surface area contributed by atoms with Gasteiger partial charge in [-0.05, 0) is 31.7 Å². The van der Waals surface area contributed by atoms with Crippen molar-refractivity contribution >= 4 is 0 Å². The molecular formula is C11H23NO2. The fourth-order valence-corrected chi connectivity index (χ4v) is 1.55. The molecule has 1 rings (SSSR count). The van der Waals surface area contributed by atoms with Crippen molar-refractivity contribution < 1.29 is 9.47 Å². The van der Waals surface area contributed by atoms with Gasteiger partial charge in [0.2, 0.25) is 0 Å². The molecule has 0 bridgehead atoms. The summed E-state index contributed by atoms with van der Waals surface area (Å²) in [6, 6.07) is 0. The lowest BCUT2D eigenvalue weighted by Gasteiger charge is -2.25. The third-order valence-corrected chi connectivity index (χ3v) is 2.72. The van der Waals surface area contributed by atoms with Crippen molar-refractivity contribution in [3.63, 3.8) is 0 Å². The van der Waals surface area contributed by atoms with Gasteiger partial charge in [0.05, 0.1) is 6.61 Å². The number of ether oxygens (including phenoxy) is 2. The normalized spacial score (nSPS) is 16.9. The lowest BCUT2D eigenvalue weighted by Crippen LogP contribution is -2.29. The molecule has 3 nitrogen and oxygen atoms in total. The molecule has 0 aromatic heterocycles. The molecule has 1 aliphatic carbocycles. The Kier molecular flexibility index (Phi) is 7.01. The van der Waals surface area contributed by atoms with E-state index >= 15 is 0 Å². The van der Waals surface area contributed by atoms with Crippen LogP contribution in [0.3, 0.4) is 0 Å². The van der Waals surface area contributed by atoms with Crippen molar-refractivity contribution in [1.29, 1.82) is 0 Å². The fourth-order valence-electron chi connectivity index (χ4n) is 1.55. The predicted molar refractivity (Wildman–Crippen MR) is 57.5 cm³/mol. The van der Waals surface area contributed by atoms with E-state index in [0.717, 1.165) is 38.7 Å². The summed E-state index contributed by atoms with van der Waals surface area (Å²) in [5, 5.41) is 3.42. The average molecular weight is 201 g/mol. The SMILES string of the molecule is COCCCOCCNCC1CCC1. The van der Waals surface area contributed by atoms with Crippen LogP contribution in [0.15, 0.2) is 0 Å². The average Bonchev–Trinajstić information content (AvgIpc) is 2.13. The molecule has 0 saturated heterocycles. The molecule has 0 aliphatic heterocycles. The van der Waals surface area contributed by atoms with E-state index in [9.17, 15) is 0 Å². The first-order chi connectivity index (χ1) is 6.93. The third-order valence-electron chi connectivity index (χ3n) is 2.72. The summed E-state index contributed by atoms with van der Waals surface area (Å²) in [7, 11) is 1.72. The number of rotatable bonds is 9. The van der Waals surface area contributed by atoms with Crippen molar-refractivity contribution in [2.45, 2.75) is 25.7 Å². The Hall–Kier alpha value is -0.120. The van der Waals surface area contributed by atoms with Crippen LogP contribution in [0, 0.1) is 5.92 Å². The standard InChI is InChI=1S/C11H23NO2/c1-13-7-3-8-14-9-6-12-10-11-4-2-5-11/h11-12H,2-10H2,1H3. The van der Waals surface area contributed by atoms with E-state index in [1.54, 1.807) is 7.11 Å². The Balaban J connectivity index is 1.67. The number of nitrogens with one attached hydrogen (secondary N) is 1. The van der Waals surface area contributed by atoms with Gasteiger partial charge in [0.15, 0.2) is 0 Å². The molecule has 84 valence electrons. The number of hydrogen-bond acceptors (Lipinski definition) is 3. The molecule has 3 heteroatoms. The molecular weight excluding hydrogens is 178 g/mol. The summed E-state index contributed by atoms with van der Waals surface area (Å²) in [6.07, 6.45) is 5.27. The maximum Gasteiger partial charge on any atom is 0.0590 e. The molecule has 0 heterocycles. The highest BCUT2D eigenvalue weighted by Gasteiger charge is 2.15. The molecule has 1 aliphatic rings. The second-order valence-electron chi connectivity index (χ2n) is 3.96. The molecule has 0 spiro atoms. The van der Waals surface area contributed by atoms with Crippen LogP contribution in [-0.2, 0) is 9.47 Å². The number of hydrogen-bond donors (Lipinski definition) is 1. The molecule has 14 heavy (non-hydrogen) atoms. The van der Waals surface area contributed by atoms with Crippen molar-refractivity contribution in [2.75, 3.05) is 40.0 Å². The minimum absolute atomic E-state index is 0.801. The van der Waals surface area contributed by atoms with Gasteiger partial charge >= 0.3 is 0 Å². The first-order valence-electron chi connectivity index (χ1n) is 5.71. The summed E-state index contributed by atoms with van der Waals surface area (Å²) in [5.41, 5.74) is 0. The Morgan fingerprint density at radius 1 is 1.21 bits per heavy atom. The minimum atomic E-state index is 0.801. The summed E-state index contributed by atoms with van der Waals surface area (Å²) in [6.45, 7) is 4.62. The molecule has 1 N–H and O–H groups in total. The summed E-state index contributed by atoms with van der Waals surface area (Å²) >= 11 is 0. The van der Waals surface area contributed by atoms with Gasteiger partial charge in [-0.1, -0.05) is 6.42 Å². The van der Waals surface area contributed by atoms with Crippen molar-refractivity contribution in [1.82, 2.24) is 5.32 Å². The molecule has 0 aromatic rings. The molecule has 1 fully saturated rings. The molecule has 0 radical (unpaired) electrons. The minimum Gasteiger partial charge on any atom is -0.385 e. The van der Waals surface area contributed by atoms with Crippen LogP contribution in [0.2, 0.25) is 0 Å². The monoisotopic (exact) mass is 201 g/mol. The molecule has 0 amide bonds. The topological polar surface area (TPSA) is 30.5 Å². The Labute approximate surface area is 87.2 Å². The maximum absolute atomic E-state index is 5.43. The van der Waals surface area contributed by atoms with Crippen LogP contribution in [0.25, 0.3) is 0 Å². The summed E-state index contributed by atoms with van der Waals surface area (Å²) in [4.78, 5) is 0. The fraction of sp³-hybridized carbons (Fsp3) is 1.00. The van der Waals surface area contributed by atoms with Gasteiger partial charge in [-0.25, -0.2) is 0 Å². The zero-order valence-electron chi connectivity index (χ0n) is 9.26. The largest absolute Gasteiger partial charge is 0.385 e. The van der Waals surface area contributed by atoms with Gasteiger partial charge in [-0.3, -0.25) is 0 Å². The van der Waals surface area contributed by atoms with Gasteiger partial charge < -0.3 is 14.8 Å². The third kappa shape index (κ3) is 5.58. The summed E-state index contributed by atoms with van der Waals surface area (Å²) < 4.78 is 10.4. The zero-order chi connectivity index (χ0) is 10.1. The first kappa shape index (κ1) is 12.0. The van der Waals surface area contributed by atoms with E-state index < -0.39 is 0 Å². The van der Waals surface area contributed by atoms with Crippen molar-refractivity contribution in [3.8, 4) is 0 Å². The van der Waals surface area contributed by atoms with E-state index in [2.05, 4.69) is 5.32 Å². The predicted octanol–water partition coefficient (Wildman–Crippen LogP) is 1.43. The van der Waals surface area contributed by atoms with E-state index in [4.69, 9.17) is 9.47 Å². The molecule has 0 unspecified atom stereocenters. The van der Waals surface area contributed by atoms with Gasteiger partial charge in [0.1, 0.15) is 0 Å². The second-order valence-corrected chi connectivity index (χ2v) is 3.96. The Morgan fingerprint density at radius 3 is 2.71 bits per heavy atom.